The predicted octanol–water partition coefficient (Wildman–Crippen LogP) is 1.96. The fraction of sp³-hybridized carbons (Fsp3) is 0.333. The number of aromatic nitrogens is 3. The minimum atomic E-state index is -0.0747. The maximum absolute atomic E-state index is 11.7. The third-order valence-corrected chi connectivity index (χ3v) is 3.20. The van der Waals surface area contributed by atoms with E-state index in [1.165, 1.54) is 19.3 Å². The fourth-order valence-electron chi connectivity index (χ4n) is 2.08. The number of H-pyrrole nitrogens is 1. The molecule has 0 unspecified atom stereocenters. The summed E-state index contributed by atoms with van der Waals surface area (Å²) in [6, 6.07) is 4.17. The minimum absolute atomic E-state index is 0.0747. The number of nitrogens with zero attached hydrogens (tertiary/aromatic N) is 2. The summed E-state index contributed by atoms with van der Waals surface area (Å²) in [5.41, 5.74) is 0.577. The maximum Gasteiger partial charge on any atom is 0.258 e. The van der Waals surface area contributed by atoms with E-state index in [2.05, 4.69) is 14.5 Å². The molecule has 0 spiro atoms. The van der Waals surface area contributed by atoms with Crippen LogP contribution in [0.4, 0.5) is 0 Å². The molecule has 2 heterocycles. The van der Waals surface area contributed by atoms with Gasteiger partial charge in [-0.15, -0.1) is 0 Å². The number of aromatic amines is 1. The molecule has 1 saturated carbocycles. The van der Waals surface area contributed by atoms with Crippen molar-refractivity contribution in [1.82, 2.24) is 14.5 Å². The van der Waals surface area contributed by atoms with Crippen LogP contribution in [0, 0.1) is 0 Å². The van der Waals surface area contributed by atoms with Crippen LogP contribution in [-0.2, 0) is 0 Å². The van der Waals surface area contributed by atoms with Crippen molar-refractivity contribution in [2.75, 3.05) is 0 Å². The molecule has 1 aliphatic carbocycles. The number of hydrogen-bond acceptors (Lipinski definition) is 2. The molecule has 1 N–H and O–H groups in total. The Kier molecular flexibility index (Phi) is 2.13. The Morgan fingerprint density at radius 1 is 1.44 bits per heavy atom. The number of hydrogen-bond donors (Lipinski definition) is 1. The average molecular weight is 215 g/mol. The van der Waals surface area contributed by atoms with Crippen LogP contribution in [0.25, 0.3) is 11.4 Å². The monoisotopic (exact) mass is 215 g/mol. The van der Waals surface area contributed by atoms with Crippen molar-refractivity contribution in [2.45, 2.75) is 25.3 Å². The highest BCUT2D eigenvalue weighted by Gasteiger charge is 2.22. The summed E-state index contributed by atoms with van der Waals surface area (Å²) in [6.45, 7) is 0. The second-order valence-electron chi connectivity index (χ2n) is 4.16. The lowest BCUT2D eigenvalue weighted by atomic mass is 9.92. The van der Waals surface area contributed by atoms with Crippen molar-refractivity contribution >= 4 is 0 Å². The lowest BCUT2D eigenvalue weighted by Crippen LogP contribution is -2.19. The van der Waals surface area contributed by atoms with Gasteiger partial charge >= 0.3 is 0 Å². The van der Waals surface area contributed by atoms with Crippen molar-refractivity contribution in [2.24, 2.45) is 0 Å². The second-order valence-corrected chi connectivity index (χ2v) is 4.16. The van der Waals surface area contributed by atoms with E-state index in [0.29, 0.717) is 11.6 Å². The van der Waals surface area contributed by atoms with Crippen molar-refractivity contribution in [1.29, 1.82) is 0 Å². The van der Waals surface area contributed by atoms with Crippen molar-refractivity contribution in [3.05, 3.63) is 41.1 Å². The first-order valence-electron chi connectivity index (χ1n) is 5.57. The Bertz CT molecular complexity index is 551. The highest BCUT2D eigenvalue weighted by Crippen LogP contribution is 2.33. The topological polar surface area (TPSA) is 50.7 Å². The Hall–Kier alpha value is -1.84. The molecular formula is C12H13N3O. The number of imidazole rings is 1. The van der Waals surface area contributed by atoms with E-state index in [1.807, 2.05) is 18.3 Å². The summed E-state index contributed by atoms with van der Waals surface area (Å²) in [4.78, 5) is 18.7. The molecule has 2 aromatic heterocycles. The molecule has 4 heteroatoms. The van der Waals surface area contributed by atoms with E-state index in [9.17, 15) is 4.79 Å². The van der Waals surface area contributed by atoms with E-state index in [1.54, 1.807) is 12.4 Å². The van der Waals surface area contributed by atoms with Crippen LogP contribution >= 0.6 is 0 Å². The molecular weight excluding hydrogens is 202 g/mol. The number of nitrogens with one attached hydrogen (secondary N) is 1. The predicted molar refractivity (Wildman–Crippen MR) is 61.2 cm³/mol. The number of rotatable bonds is 2. The molecule has 1 fully saturated rings. The Balaban J connectivity index is 2.10. The van der Waals surface area contributed by atoms with Gasteiger partial charge in [0.05, 0.1) is 5.56 Å². The Morgan fingerprint density at radius 2 is 2.31 bits per heavy atom. The standard InChI is InChI=1S/C12H13N3O/c16-12-10(5-2-6-14-12)11-13-7-8-15(11)9-3-1-4-9/h2,5-9H,1,3-4H2,(H,14,16). The van der Waals surface area contributed by atoms with Gasteiger partial charge in [0.1, 0.15) is 5.82 Å². The zero-order valence-corrected chi connectivity index (χ0v) is 8.89. The largest absolute Gasteiger partial charge is 0.328 e. The number of pyridine rings is 1. The van der Waals surface area contributed by atoms with Gasteiger partial charge in [-0.3, -0.25) is 4.79 Å². The molecule has 82 valence electrons. The molecule has 0 bridgehead atoms. The summed E-state index contributed by atoms with van der Waals surface area (Å²) in [5, 5.41) is 0. The van der Waals surface area contributed by atoms with Gasteiger partial charge in [-0.25, -0.2) is 4.98 Å². The van der Waals surface area contributed by atoms with E-state index < -0.39 is 0 Å². The van der Waals surface area contributed by atoms with Gasteiger partial charge < -0.3 is 9.55 Å². The zero-order chi connectivity index (χ0) is 11.0. The average Bonchev–Trinajstić information content (AvgIpc) is 2.65. The van der Waals surface area contributed by atoms with Crippen LogP contribution in [0.1, 0.15) is 25.3 Å². The van der Waals surface area contributed by atoms with Crippen LogP contribution in [0.2, 0.25) is 0 Å². The van der Waals surface area contributed by atoms with Crippen LogP contribution in [0.5, 0.6) is 0 Å². The molecule has 0 aromatic carbocycles. The van der Waals surface area contributed by atoms with Crippen LogP contribution in [0.15, 0.2) is 35.5 Å². The first-order valence-corrected chi connectivity index (χ1v) is 5.57. The van der Waals surface area contributed by atoms with Crippen molar-refractivity contribution in [3.63, 3.8) is 0 Å². The smallest absolute Gasteiger partial charge is 0.258 e. The molecule has 16 heavy (non-hydrogen) atoms. The van der Waals surface area contributed by atoms with Crippen LogP contribution in [-0.4, -0.2) is 14.5 Å². The normalized spacial score (nSPS) is 16.0. The second kappa shape index (κ2) is 3.63. The third-order valence-electron chi connectivity index (χ3n) is 3.20. The summed E-state index contributed by atoms with van der Waals surface area (Å²) < 4.78 is 2.12. The molecule has 3 rings (SSSR count). The van der Waals surface area contributed by atoms with Gasteiger partial charge in [-0.05, 0) is 31.4 Å². The zero-order valence-electron chi connectivity index (χ0n) is 8.89. The lowest BCUT2D eigenvalue weighted by molar-refractivity contribution is 0.316. The highest BCUT2D eigenvalue weighted by molar-refractivity contribution is 5.53. The molecule has 0 atom stereocenters. The van der Waals surface area contributed by atoms with Gasteiger partial charge in [0.2, 0.25) is 0 Å². The quantitative estimate of drug-likeness (QED) is 0.832. The fourth-order valence-corrected chi connectivity index (χ4v) is 2.08. The molecule has 0 saturated heterocycles. The van der Waals surface area contributed by atoms with E-state index >= 15 is 0 Å². The summed E-state index contributed by atoms with van der Waals surface area (Å²) in [5.74, 6) is 0.784. The van der Waals surface area contributed by atoms with Gasteiger partial charge in [0.25, 0.3) is 5.56 Å². The molecule has 1 aliphatic rings. The van der Waals surface area contributed by atoms with Gasteiger partial charge in [0, 0.05) is 24.6 Å². The van der Waals surface area contributed by atoms with Gasteiger partial charge in [0.15, 0.2) is 0 Å². The van der Waals surface area contributed by atoms with Crippen molar-refractivity contribution in [3.8, 4) is 11.4 Å². The molecule has 4 nitrogen and oxygen atoms in total. The lowest BCUT2D eigenvalue weighted by Gasteiger charge is -2.28. The van der Waals surface area contributed by atoms with Gasteiger partial charge in [-0.1, -0.05) is 0 Å². The Labute approximate surface area is 93.0 Å². The summed E-state index contributed by atoms with van der Waals surface area (Å²) in [6.07, 6.45) is 9.02. The maximum atomic E-state index is 11.7. The first kappa shape index (κ1) is 9.39. The van der Waals surface area contributed by atoms with E-state index in [-0.39, 0.29) is 5.56 Å². The molecule has 0 amide bonds. The van der Waals surface area contributed by atoms with Crippen molar-refractivity contribution < 1.29 is 0 Å². The molecule has 2 aromatic rings. The summed E-state index contributed by atoms with van der Waals surface area (Å²) >= 11 is 0. The SMILES string of the molecule is O=c1[nH]cccc1-c1nccn1C1CCC1. The van der Waals surface area contributed by atoms with Crippen LogP contribution in [0.3, 0.4) is 0 Å². The minimum Gasteiger partial charge on any atom is -0.328 e. The highest BCUT2D eigenvalue weighted by atomic mass is 16.1. The Morgan fingerprint density at radius 3 is 3.00 bits per heavy atom. The molecule has 0 aliphatic heterocycles. The van der Waals surface area contributed by atoms with E-state index in [0.717, 1.165) is 5.82 Å². The summed E-state index contributed by atoms with van der Waals surface area (Å²) in [7, 11) is 0. The third kappa shape index (κ3) is 1.38. The van der Waals surface area contributed by atoms with Crippen LogP contribution < -0.4 is 5.56 Å². The first-order chi connectivity index (χ1) is 7.86. The van der Waals surface area contributed by atoms with Gasteiger partial charge in [-0.2, -0.15) is 0 Å². The van der Waals surface area contributed by atoms with E-state index in [4.69, 9.17) is 0 Å². The molecule has 0 radical (unpaired) electrons.